The van der Waals surface area contributed by atoms with Crippen molar-refractivity contribution in [3.05, 3.63) is 24.3 Å². The van der Waals surface area contributed by atoms with E-state index >= 15 is 0 Å². The van der Waals surface area contributed by atoms with Gasteiger partial charge in [-0.25, -0.2) is 26.2 Å². The molecule has 0 aliphatic heterocycles. The number of sulfonamides is 1. The van der Waals surface area contributed by atoms with Crippen LogP contribution in [-0.4, -0.2) is 56.7 Å². The first kappa shape index (κ1) is 15.6. The highest BCUT2D eigenvalue weighted by molar-refractivity contribution is 7.90. The molecule has 0 radical (unpaired) electrons. The lowest BCUT2D eigenvalue weighted by molar-refractivity contribution is 0.521. The molecule has 0 fully saturated rings. The van der Waals surface area contributed by atoms with Crippen LogP contribution in [0.25, 0.3) is 11.4 Å². The second kappa shape index (κ2) is 5.20. The fraction of sp³-hybridized carbons (Fsp3) is 0.273. The van der Waals surface area contributed by atoms with Gasteiger partial charge in [0.1, 0.15) is 0 Å². The molecule has 1 heterocycles. The van der Waals surface area contributed by atoms with E-state index in [9.17, 15) is 16.8 Å². The second-order valence-corrected chi connectivity index (χ2v) is 8.63. The normalized spacial score (nSPS) is 12.8. The Hall–Kier alpha value is -1.78. The Morgan fingerprint density at radius 3 is 2.33 bits per heavy atom. The molecule has 10 heteroatoms. The smallest absolute Gasteiger partial charge is 0.243 e. The zero-order valence-corrected chi connectivity index (χ0v) is 13.2. The molecule has 0 saturated heterocycles. The minimum atomic E-state index is -3.58. The number of benzene rings is 1. The maximum absolute atomic E-state index is 12.1. The molecule has 1 N–H and O–H groups in total. The lowest BCUT2D eigenvalue weighted by Crippen LogP contribution is -2.22. The predicted octanol–water partition coefficient (Wildman–Crippen LogP) is 0.126. The Bertz CT molecular complexity index is 869. The second-order valence-electron chi connectivity index (χ2n) is 4.55. The fourth-order valence-electron chi connectivity index (χ4n) is 1.55. The number of sulfone groups is 1. The van der Waals surface area contributed by atoms with E-state index in [2.05, 4.69) is 15.2 Å². The van der Waals surface area contributed by atoms with Crippen molar-refractivity contribution in [3.8, 4) is 11.4 Å². The molecule has 2 aromatic rings. The Kier molecular flexibility index (Phi) is 3.87. The van der Waals surface area contributed by atoms with Crippen LogP contribution >= 0.6 is 0 Å². The van der Waals surface area contributed by atoms with Crippen LogP contribution in [-0.2, 0) is 19.9 Å². The van der Waals surface area contributed by atoms with Crippen LogP contribution < -0.4 is 0 Å². The topological polar surface area (TPSA) is 113 Å². The minimum absolute atomic E-state index is 0.0794. The van der Waals surface area contributed by atoms with Crippen LogP contribution in [0.15, 0.2) is 34.3 Å². The first-order valence-corrected chi connectivity index (χ1v) is 9.11. The maximum atomic E-state index is 12.1. The van der Waals surface area contributed by atoms with Crippen LogP contribution in [0.5, 0.6) is 0 Å². The Labute approximate surface area is 122 Å². The van der Waals surface area contributed by atoms with Gasteiger partial charge in [-0.15, -0.1) is 0 Å². The van der Waals surface area contributed by atoms with E-state index in [-0.39, 0.29) is 15.9 Å². The van der Waals surface area contributed by atoms with Crippen molar-refractivity contribution in [2.75, 3.05) is 20.4 Å². The largest absolute Gasteiger partial charge is 0.249 e. The van der Waals surface area contributed by atoms with E-state index < -0.39 is 19.9 Å². The van der Waals surface area contributed by atoms with Gasteiger partial charge in [0.25, 0.3) is 0 Å². The lowest BCUT2D eigenvalue weighted by Gasteiger charge is -2.11. The third-order valence-corrected chi connectivity index (χ3v) is 5.38. The molecule has 0 unspecified atom stereocenters. The predicted molar refractivity (Wildman–Crippen MR) is 75.8 cm³/mol. The zero-order chi connectivity index (χ0) is 15.8. The summed E-state index contributed by atoms with van der Waals surface area (Å²) in [7, 11) is -4.22. The molecule has 0 amide bonds. The molecule has 0 atom stereocenters. The molecule has 0 saturated carbocycles. The summed E-state index contributed by atoms with van der Waals surface area (Å²) < 4.78 is 47.9. The number of hydrogen-bond acceptors (Lipinski definition) is 6. The molecule has 2 rings (SSSR count). The van der Waals surface area contributed by atoms with E-state index in [4.69, 9.17) is 0 Å². The summed E-state index contributed by atoms with van der Waals surface area (Å²) in [6.45, 7) is 0. The van der Waals surface area contributed by atoms with Gasteiger partial charge in [0.2, 0.25) is 25.0 Å². The summed E-state index contributed by atoms with van der Waals surface area (Å²) in [6, 6.07) is 5.99. The summed E-state index contributed by atoms with van der Waals surface area (Å²) in [5, 5.41) is 5.85. The van der Waals surface area contributed by atoms with E-state index in [1.165, 1.54) is 26.2 Å². The highest BCUT2D eigenvalue weighted by atomic mass is 32.2. The molecule has 0 aliphatic carbocycles. The molecule has 0 spiro atoms. The van der Waals surface area contributed by atoms with Crippen molar-refractivity contribution in [1.29, 1.82) is 0 Å². The van der Waals surface area contributed by atoms with E-state index in [0.717, 1.165) is 10.6 Å². The van der Waals surface area contributed by atoms with Gasteiger partial charge < -0.3 is 0 Å². The first-order chi connectivity index (χ1) is 9.62. The number of nitrogens with one attached hydrogen (secondary N) is 1. The number of hydrogen-bond donors (Lipinski definition) is 1. The van der Waals surface area contributed by atoms with Crippen molar-refractivity contribution in [2.24, 2.45) is 0 Å². The summed E-state index contributed by atoms with van der Waals surface area (Å²) in [5.41, 5.74) is 0.407. The minimum Gasteiger partial charge on any atom is -0.249 e. The van der Waals surface area contributed by atoms with E-state index in [0.29, 0.717) is 5.56 Å². The third-order valence-electron chi connectivity index (χ3n) is 2.69. The number of H-pyrrole nitrogens is 1. The molecule has 0 aliphatic rings. The Balaban J connectivity index is 2.50. The molecule has 114 valence electrons. The van der Waals surface area contributed by atoms with Crippen molar-refractivity contribution in [1.82, 2.24) is 19.5 Å². The number of aromatic amines is 1. The van der Waals surface area contributed by atoms with Crippen molar-refractivity contribution in [2.45, 2.75) is 10.1 Å². The average molecular weight is 330 g/mol. The van der Waals surface area contributed by atoms with Gasteiger partial charge in [0.15, 0.2) is 5.82 Å². The Morgan fingerprint density at radius 2 is 1.81 bits per heavy atom. The van der Waals surface area contributed by atoms with Crippen LogP contribution in [0.3, 0.4) is 0 Å². The summed E-state index contributed by atoms with van der Waals surface area (Å²) >= 11 is 0. The molecule has 8 nitrogen and oxygen atoms in total. The average Bonchev–Trinajstić information content (AvgIpc) is 2.88. The molecular weight excluding hydrogens is 316 g/mol. The molecule has 1 aromatic heterocycles. The quantitative estimate of drug-likeness (QED) is 0.852. The molecule has 1 aromatic carbocycles. The number of nitrogens with zero attached hydrogens (tertiary/aromatic N) is 3. The van der Waals surface area contributed by atoms with Gasteiger partial charge in [0.05, 0.1) is 4.90 Å². The highest BCUT2D eigenvalue weighted by Crippen LogP contribution is 2.21. The summed E-state index contributed by atoms with van der Waals surface area (Å²) in [4.78, 5) is 3.94. The first-order valence-electron chi connectivity index (χ1n) is 5.78. The van der Waals surface area contributed by atoms with Gasteiger partial charge in [-0.05, 0) is 12.1 Å². The third kappa shape index (κ3) is 3.12. The maximum Gasteiger partial charge on any atom is 0.243 e. The number of aromatic nitrogens is 3. The van der Waals surface area contributed by atoms with Gasteiger partial charge in [0, 0.05) is 25.9 Å². The number of rotatable bonds is 4. The SMILES string of the molecule is CN(C)S(=O)(=O)c1cccc(-c2n[nH]c(S(C)(=O)=O)n2)c1. The van der Waals surface area contributed by atoms with Gasteiger partial charge in [-0.2, -0.15) is 10.1 Å². The van der Waals surface area contributed by atoms with Crippen LogP contribution in [0.2, 0.25) is 0 Å². The molecule has 21 heavy (non-hydrogen) atoms. The standard InChI is InChI=1S/C11H14N4O4S2/c1-15(2)21(18,19)9-6-4-5-8(7-9)10-12-11(14-13-10)20(3,16)17/h4-7H,1-3H3,(H,12,13,14). The highest BCUT2D eigenvalue weighted by Gasteiger charge is 2.19. The van der Waals surface area contributed by atoms with Crippen molar-refractivity contribution >= 4 is 19.9 Å². The van der Waals surface area contributed by atoms with Gasteiger partial charge in [-0.1, -0.05) is 12.1 Å². The molecule has 0 bridgehead atoms. The van der Waals surface area contributed by atoms with Crippen LogP contribution in [0.1, 0.15) is 0 Å². The van der Waals surface area contributed by atoms with E-state index in [1.54, 1.807) is 12.1 Å². The van der Waals surface area contributed by atoms with Gasteiger partial charge >= 0.3 is 0 Å². The summed E-state index contributed by atoms with van der Waals surface area (Å²) in [6.07, 6.45) is 1.00. The van der Waals surface area contributed by atoms with Crippen LogP contribution in [0.4, 0.5) is 0 Å². The van der Waals surface area contributed by atoms with Crippen molar-refractivity contribution < 1.29 is 16.8 Å². The monoisotopic (exact) mass is 330 g/mol. The molecular formula is C11H14N4O4S2. The lowest BCUT2D eigenvalue weighted by atomic mass is 10.2. The van der Waals surface area contributed by atoms with Crippen molar-refractivity contribution in [3.63, 3.8) is 0 Å². The van der Waals surface area contributed by atoms with Gasteiger partial charge in [-0.3, -0.25) is 0 Å². The zero-order valence-electron chi connectivity index (χ0n) is 11.6. The Morgan fingerprint density at radius 1 is 1.14 bits per heavy atom. The summed E-state index contributed by atoms with van der Waals surface area (Å²) in [5.74, 6) is 0.117. The van der Waals surface area contributed by atoms with E-state index in [1.807, 2.05) is 0 Å². The fourth-order valence-corrected chi connectivity index (χ4v) is 2.96. The van der Waals surface area contributed by atoms with Crippen LogP contribution in [0, 0.1) is 0 Å².